The molecule has 2 heterocycles. The molecule has 21 heavy (non-hydrogen) atoms. The van der Waals surface area contributed by atoms with Gasteiger partial charge in [0, 0.05) is 13.1 Å². The maximum absolute atomic E-state index is 12.3. The smallest absolute Gasteiger partial charge is 0.299 e. The zero-order valence-electron chi connectivity index (χ0n) is 12.7. The number of aryl methyl sites for hydroxylation is 2. The number of carbonyl (C=O) groups excluding carboxylic acids is 2. The highest BCUT2D eigenvalue weighted by atomic mass is 16.5. The van der Waals surface area contributed by atoms with Crippen LogP contribution in [0.4, 0.5) is 5.69 Å². The molecule has 1 aromatic rings. The zero-order chi connectivity index (χ0) is 15.1. The summed E-state index contributed by atoms with van der Waals surface area (Å²) < 4.78 is 5.73. The van der Waals surface area contributed by atoms with Crippen LogP contribution in [-0.2, 0) is 9.53 Å². The van der Waals surface area contributed by atoms with Gasteiger partial charge in [-0.15, -0.1) is 0 Å². The first-order chi connectivity index (χ1) is 9.97. The lowest BCUT2D eigenvalue weighted by molar-refractivity contribution is -0.115. The summed E-state index contributed by atoms with van der Waals surface area (Å²) in [5.41, 5.74) is 3.25. The lowest BCUT2D eigenvalue weighted by Crippen LogP contribution is -2.47. The van der Waals surface area contributed by atoms with Gasteiger partial charge >= 0.3 is 0 Å². The van der Waals surface area contributed by atoms with Gasteiger partial charge in [-0.3, -0.25) is 9.59 Å². The molecule has 1 unspecified atom stereocenters. The molecule has 1 saturated heterocycles. The van der Waals surface area contributed by atoms with Gasteiger partial charge in [0.15, 0.2) is 0 Å². The number of likely N-dealkylation sites (N-methyl/N-ethyl adjacent to an activating group) is 1. The van der Waals surface area contributed by atoms with Crippen molar-refractivity contribution in [3.05, 3.63) is 28.8 Å². The molecule has 0 aliphatic carbocycles. The number of ether oxygens (including phenoxy) is 1. The maximum atomic E-state index is 12.3. The van der Waals surface area contributed by atoms with Crippen LogP contribution in [0.2, 0.25) is 0 Å². The molecular weight excluding hydrogens is 268 g/mol. The molecule has 0 N–H and O–H groups in total. The summed E-state index contributed by atoms with van der Waals surface area (Å²) in [6, 6.07) is 3.81. The number of morpholine rings is 1. The van der Waals surface area contributed by atoms with E-state index in [1.54, 1.807) is 11.0 Å². The fourth-order valence-corrected chi connectivity index (χ4v) is 3.19. The second kappa shape index (κ2) is 5.24. The number of fused-ring (bicyclic) bond motifs is 1. The number of Topliss-reactive ketones (excluding diaryl/α,β-unsaturated/α-hetero) is 1. The predicted molar refractivity (Wildman–Crippen MR) is 79.8 cm³/mol. The summed E-state index contributed by atoms with van der Waals surface area (Å²) in [6.45, 7) is 6.66. The Morgan fingerprint density at radius 2 is 2.05 bits per heavy atom. The highest BCUT2D eigenvalue weighted by Gasteiger charge is 2.38. The van der Waals surface area contributed by atoms with E-state index in [-0.39, 0.29) is 6.10 Å². The third kappa shape index (κ3) is 2.47. The summed E-state index contributed by atoms with van der Waals surface area (Å²) in [5, 5.41) is 0. The van der Waals surface area contributed by atoms with Crippen LogP contribution in [0.15, 0.2) is 12.1 Å². The van der Waals surface area contributed by atoms with Crippen LogP contribution >= 0.6 is 0 Å². The van der Waals surface area contributed by atoms with Crippen molar-refractivity contribution in [2.45, 2.75) is 20.0 Å². The molecule has 1 aromatic carbocycles. The van der Waals surface area contributed by atoms with Crippen molar-refractivity contribution in [1.82, 2.24) is 4.90 Å². The van der Waals surface area contributed by atoms with Crippen molar-refractivity contribution in [2.75, 3.05) is 38.2 Å². The van der Waals surface area contributed by atoms with Crippen LogP contribution in [0.25, 0.3) is 0 Å². The van der Waals surface area contributed by atoms with E-state index in [1.165, 1.54) is 0 Å². The Bertz CT molecular complexity index is 612. The van der Waals surface area contributed by atoms with Crippen LogP contribution in [0, 0.1) is 13.8 Å². The standard InChI is InChI=1S/C16H20N2O3/c1-10-6-11(2)14-13(7-10)15(19)16(20)18(14)9-12-8-17(3)4-5-21-12/h6-7,12H,4-5,8-9H2,1-3H3. The van der Waals surface area contributed by atoms with E-state index in [9.17, 15) is 9.59 Å². The van der Waals surface area contributed by atoms with Crippen molar-refractivity contribution in [3.8, 4) is 0 Å². The minimum atomic E-state index is -0.435. The number of anilines is 1. The SMILES string of the molecule is Cc1cc(C)c2c(c1)C(=O)C(=O)N2CC1CN(C)CCO1. The molecule has 1 amide bonds. The Balaban J connectivity index is 1.90. The third-order valence-electron chi connectivity index (χ3n) is 4.13. The van der Waals surface area contributed by atoms with E-state index in [2.05, 4.69) is 4.90 Å². The molecule has 0 aromatic heterocycles. The summed E-state index contributed by atoms with van der Waals surface area (Å²) in [4.78, 5) is 28.2. The minimum absolute atomic E-state index is 0.0489. The largest absolute Gasteiger partial charge is 0.374 e. The molecule has 5 nitrogen and oxygen atoms in total. The minimum Gasteiger partial charge on any atom is -0.374 e. The zero-order valence-corrected chi connectivity index (χ0v) is 12.7. The Morgan fingerprint density at radius 1 is 1.29 bits per heavy atom. The van der Waals surface area contributed by atoms with Gasteiger partial charge < -0.3 is 14.5 Å². The first kappa shape index (κ1) is 14.2. The Labute approximate surface area is 124 Å². The topological polar surface area (TPSA) is 49.9 Å². The molecule has 2 aliphatic heterocycles. The Kier molecular flexibility index (Phi) is 3.55. The first-order valence-corrected chi connectivity index (χ1v) is 7.25. The van der Waals surface area contributed by atoms with Gasteiger partial charge in [-0.2, -0.15) is 0 Å². The number of amides is 1. The molecule has 0 spiro atoms. The van der Waals surface area contributed by atoms with Crippen LogP contribution in [0.1, 0.15) is 21.5 Å². The van der Waals surface area contributed by atoms with Gasteiger partial charge in [0.05, 0.1) is 30.5 Å². The third-order valence-corrected chi connectivity index (χ3v) is 4.13. The van der Waals surface area contributed by atoms with Gasteiger partial charge in [0.1, 0.15) is 0 Å². The van der Waals surface area contributed by atoms with E-state index in [1.807, 2.05) is 27.0 Å². The monoisotopic (exact) mass is 288 g/mol. The summed E-state index contributed by atoms with van der Waals surface area (Å²) >= 11 is 0. The molecule has 2 aliphatic rings. The number of carbonyl (C=O) groups is 2. The van der Waals surface area contributed by atoms with Crippen LogP contribution in [0.5, 0.6) is 0 Å². The van der Waals surface area contributed by atoms with E-state index in [0.717, 1.165) is 29.9 Å². The quantitative estimate of drug-likeness (QED) is 0.766. The maximum Gasteiger partial charge on any atom is 0.299 e. The normalized spacial score (nSPS) is 22.8. The number of hydrogen-bond donors (Lipinski definition) is 0. The highest BCUT2D eigenvalue weighted by molar-refractivity contribution is 6.52. The Hall–Kier alpha value is -1.72. The lowest BCUT2D eigenvalue weighted by atomic mass is 10.0. The van der Waals surface area contributed by atoms with Gasteiger partial charge in [0.2, 0.25) is 0 Å². The summed E-state index contributed by atoms with van der Waals surface area (Å²) in [6.07, 6.45) is -0.0489. The van der Waals surface area contributed by atoms with E-state index in [0.29, 0.717) is 18.7 Å². The first-order valence-electron chi connectivity index (χ1n) is 7.25. The number of ketones is 1. The van der Waals surface area contributed by atoms with Gasteiger partial charge in [-0.05, 0) is 38.1 Å². The number of benzene rings is 1. The molecule has 112 valence electrons. The molecule has 5 heteroatoms. The summed E-state index contributed by atoms with van der Waals surface area (Å²) in [5.74, 6) is -0.837. The number of hydrogen-bond acceptors (Lipinski definition) is 4. The van der Waals surface area contributed by atoms with Gasteiger partial charge in [-0.25, -0.2) is 0 Å². The predicted octanol–water partition coefficient (Wildman–Crippen LogP) is 1.16. The van der Waals surface area contributed by atoms with Crippen molar-refractivity contribution < 1.29 is 14.3 Å². The van der Waals surface area contributed by atoms with Crippen LogP contribution in [0.3, 0.4) is 0 Å². The molecule has 1 fully saturated rings. The molecule has 0 radical (unpaired) electrons. The van der Waals surface area contributed by atoms with E-state index < -0.39 is 11.7 Å². The number of rotatable bonds is 2. The van der Waals surface area contributed by atoms with Crippen molar-refractivity contribution in [3.63, 3.8) is 0 Å². The average molecular weight is 288 g/mol. The van der Waals surface area contributed by atoms with Gasteiger partial charge in [0.25, 0.3) is 11.7 Å². The average Bonchev–Trinajstić information content (AvgIpc) is 2.64. The molecule has 0 saturated carbocycles. The van der Waals surface area contributed by atoms with Crippen LogP contribution in [-0.4, -0.2) is 56.0 Å². The Morgan fingerprint density at radius 3 is 2.76 bits per heavy atom. The molecule has 1 atom stereocenters. The fraction of sp³-hybridized carbons (Fsp3) is 0.500. The van der Waals surface area contributed by atoms with E-state index >= 15 is 0 Å². The number of nitrogens with zero attached hydrogens (tertiary/aromatic N) is 2. The van der Waals surface area contributed by atoms with E-state index in [4.69, 9.17) is 4.74 Å². The van der Waals surface area contributed by atoms with Gasteiger partial charge in [-0.1, -0.05) is 6.07 Å². The lowest BCUT2D eigenvalue weighted by Gasteiger charge is -2.32. The molecule has 0 bridgehead atoms. The second-order valence-corrected chi connectivity index (χ2v) is 5.98. The van der Waals surface area contributed by atoms with Crippen molar-refractivity contribution in [2.24, 2.45) is 0 Å². The molecule has 3 rings (SSSR count). The molecular formula is C16H20N2O3. The van der Waals surface area contributed by atoms with Crippen molar-refractivity contribution >= 4 is 17.4 Å². The fourth-order valence-electron chi connectivity index (χ4n) is 3.19. The van der Waals surface area contributed by atoms with Crippen molar-refractivity contribution in [1.29, 1.82) is 0 Å². The summed E-state index contributed by atoms with van der Waals surface area (Å²) in [7, 11) is 2.04. The van der Waals surface area contributed by atoms with Crippen LogP contribution < -0.4 is 4.90 Å². The highest BCUT2D eigenvalue weighted by Crippen LogP contribution is 2.33. The second-order valence-electron chi connectivity index (χ2n) is 5.98.